The van der Waals surface area contributed by atoms with Gasteiger partial charge in [-0.1, -0.05) is 19.9 Å². The molecule has 0 unspecified atom stereocenters. The number of hydrogen-bond donors (Lipinski definition) is 0. The lowest BCUT2D eigenvalue weighted by atomic mass is 10.2. The largest absolute Gasteiger partial charge is 0.481 e. The van der Waals surface area contributed by atoms with E-state index in [-0.39, 0.29) is 0 Å². The lowest BCUT2D eigenvalue weighted by Crippen LogP contribution is -2.07. The van der Waals surface area contributed by atoms with Crippen LogP contribution >= 0.6 is 0 Å². The molecule has 0 radical (unpaired) electrons. The van der Waals surface area contributed by atoms with Crippen molar-refractivity contribution >= 4 is 5.90 Å². The fraction of sp³-hybridized carbons (Fsp3) is 0.667. The molecule has 0 aromatic rings. The van der Waals surface area contributed by atoms with E-state index in [1.54, 1.807) is 7.11 Å². The number of hydrogen-bond acceptors (Lipinski definition) is 2. The third-order valence-corrected chi connectivity index (χ3v) is 1.37. The molecular weight excluding hydrogens is 138 g/mol. The van der Waals surface area contributed by atoms with E-state index in [2.05, 4.69) is 11.1 Å². The van der Waals surface area contributed by atoms with Gasteiger partial charge in [0.25, 0.3) is 0 Å². The van der Waals surface area contributed by atoms with Crippen molar-refractivity contribution in [3.8, 4) is 0 Å². The first-order valence-electron chi connectivity index (χ1n) is 4.10. The van der Waals surface area contributed by atoms with Gasteiger partial charge in [-0.2, -0.15) is 0 Å². The van der Waals surface area contributed by atoms with Crippen LogP contribution in [-0.2, 0) is 4.74 Å². The molecule has 0 bridgehead atoms. The highest BCUT2D eigenvalue weighted by atomic mass is 16.5. The number of ether oxygens (including phenoxy) is 1. The maximum Gasteiger partial charge on any atom is 0.210 e. The molecule has 1 aliphatic rings. The zero-order valence-corrected chi connectivity index (χ0v) is 7.85. The van der Waals surface area contributed by atoms with E-state index in [1.165, 1.54) is 0 Å². The molecule has 2 heteroatoms. The molecule has 0 atom stereocenters. The first-order valence-corrected chi connectivity index (χ1v) is 4.10. The molecule has 0 N–H and O–H groups in total. The van der Waals surface area contributed by atoms with Crippen LogP contribution in [0.3, 0.4) is 0 Å². The second kappa shape index (κ2) is 5.96. The van der Waals surface area contributed by atoms with Gasteiger partial charge in [-0.25, -0.2) is 0 Å². The van der Waals surface area contributed by atoms with E-state index in [0.717, 1.165) is 24.4 Å². The minimum atomic E-state index is 0.793. The highest BCUT2D eigenvalue weighted by molar-refractivity contribution is 5.93. The molecule has 2 nitrogen and oxygen atoms in total. The third kappa shape index (κ3) is 3.21. The quantitative estimate of drug-likeness (QED) is 0.526. The van der Waals surface area contributed by atoms with Crippen LogP contribution in [0.4, 0.5) is 0 Å². The monoisotopic (exact) mass is 155 g/mol. The van der Waals surface area contributed by atoms with Crippen LogP contribution in [0.2, 0.25) is 0 Å². The van der Waals surface area contributed by atoms with Crippen molar-refractivity contribution < 1.29 is 4.74 Å². The summed E-state index contributed by atoms with van der Waals surface area (Å²) in [5.41, 5.74) is 1.16. The van der Waals surface area contributed by atoms with Crippen LogP contribution in [0.25, 0.3) is 0 Å². The number of methoxy groups -OCH3 is 1. The van der Waals surface area contributed by atoms with Crippen LogP contribution in [-0.4, -0.2) is 19.6 Å². The summed E-state index contributed by atoms with van der Waals surface area (Å²) >= 11 is 0. The molecule has 0 amide bonds. The van der Waals surface area contributed by atoms with E-state index in [9.17, 15) is 0 Å². The van der Waals surface area contributed by atoms with Crippen molar-refractivity contribution in [2.24, 2.45) is 4.99 Å². The van der Waals surface area contributed by atoms with Crippen molar-refractivity contribution in [1.82, 2.24) is 0 Å². The zero-order chi connectivity index (χ0) is 8.69. The molecule has 0 aromatic carbocycles. The lowest BCUT2D eigenvalue weighted by Gasteiger charge is -2.08. The van der Waals surface area contributed by atoms with Gasteiger partial charge in [-0.15, -0.1) is 0 Å². The standard InChI is InChI=1S/C7H11NO.C2H6/c1-6-4-3-5-8-7(6)9-2;1-2/h4H,3,5H2,1-2H3;1-2H3. The summed E-state index contributed by atoms with van der Waals surface area (Å²) in [6.07, 6.45) is 3.20. The molecule has 1 heterocycles. The Hall–Kier alpha value is -0.790. The average Bonchev–Trinajstić information content (AvgIpc) is 2.09. The van der Waals surface area contributed by atoms with Crippen LogP contribution in [0, 0.1) is 0 Å². The molecule has 0 saturated heterocycles. The predicted octanol–water partition coefficient (Wildman–Crippen LogP) is 2.41. The molecule has 0 saturated carbocycles. The molecule has 64 valence electrons. The van der Waals surface area contributed by atoms with Crippen molar-refractivity contribution in [2.45, 2.75) is 27.2 Å². The third-order valence-electron chi connectivity index (χ3n) is 1.37. The second-order valence-electron chi connectivity index (χ2n) is 2.07. The summed E-state index contributed by atoms with van der Waals surface area (Å²) in [7, 11) is 1.65. The summed E-state index contributed by atoms with van der Waals surface area (Å²) in [6.45, 7) is 6.89. The number of nitrogens with zero attached hydrogens (tertiary/aromatic N) is 1. The van der Waals surface area contributed by atoms with Gasteiger partial charge in [0, 0.05) is 12.1 Å². The van der Waals surface area contributed by atoms with E-state index in [1.807, 2.05) is 20.8 Å². The van der Waals surface area contributed by atoms with E-state index in [4.69, 9.17) is 4.74 Å². The summed E-state index contributed by atoms with van der Waals surface area (Å²) in [5.74, 6) is 0.793. The Balaban J connectivity index is 0.000000461. The second-order valence-corrected chi connectivity index (χ2v) is 2.07. The van der Waals surface area contributed by atoms with E-state index in [0.29, 0.717) is 0 Å². The van der Waals surface area contributed by atoms with Crippen LogP contribution in [0.5, 0.6) is 0 Å². The summed E-state index contributed by atoms with van der Waals surface area (Å²) in [4.78, 5) is 4.16. The first kappa shape index (κ1) is 10.2. The molecular formula is C9H17NO. The lowest BCUT2D eigenvalue weighted by molar-refractivity contribution is 0.399. The van der Waals surface area contributed by atoms with Crippen molar-refractivity contribution in [3.63, 3.8) is 0 Å². The van der Waals surface area contributed by atoms with Crippen molar-refractivity contribution in [2.75, 3.05) is 13.7 Å². The highest BCUT2D eigenvalue weighted by Crippen LogP contribution is 2.05. The summed E-state index contributed by atoms with van der Waals surface area (Å²) in [6, 6.07) is 0. The molecule has 0 aromatic heterocycles. The number of aliphatic imine (C=N–C) groups is 1. The Kier molecular flexibility index (Phi) is 5.53. The van der Waals surface area contributed by atoms with Gasteiger partial charge in [0.15, 0.2) is 0 Å². The van der Waals surface area contributed by atoms with Crippen LogP contribution < -0.4 is 0 Å². The molecule has 0 spiro atoms. The van der Waals surface area contributed by atoms with Crippen molar-refractivity contribution in [3.05, 3.63) is 11.6 Å². The maximum atomic E-state index is 4.99. The summed E-state index contributed by atoms with van der Waals surface area (Å²) < 4.78 is 4.99. The molecule has 0 fully saturated rings. The Morgan fingerprint density at radius 1 is 1.45 bits per heavy atom. The minimum Gasteiger partial charge on any atom is -0.481 e. The van der Waals surface area contributed by atoms with Gasteiger partial charge in [0.05, 0.1) is 7.11 Å². The minimum absolute atomic E-state index is 0.793. The molecule has 0 aliphatic carbocycles. The number of dihydropyridines is 1. The van der Waals surface area contributed by atoms with Gasteiger partial charge in [-0.05, 0) is 13.3 Å². The molecule has 1 rings (SSSR count). The Morgan fingerprint density at radius 2 is 2.09 bits per heavy atom. The Morgan fingerprint density at radius 3 is 2.45 bits per heavy atom. The fourth-order valence-corrected chi connectivity index (χ4v) is 0.885. The predicted molar refractivity (Wildman–Crippen MR) is 49.0 cm³/mol. The SMILES string of the molecule is CC.COC1=NCCC=C1C. The van der Waals surface area contributed by atoms with Crippen LogP contribution in [0.15, 0.2) is 16.6 Å². The normalized spacial score (nSPS) is 15.6. The summed E-state index contributed by atoms with van der Waals surface area (Å²) in [5, 5.41) is 0. The van der Waals surface area contributed by atoms with Gasteiger partial charge < -0.3 is 4.74 Å². The highest BCUT2D eigenvalue weighted by Gasteiger charge is 2.03. The fourth-order valence-electron chi connectivity index (χ4n) is 0.885. The van der Waals surface area contributed by atoms with Crippen LogP contribution in [0.1, 0.15) is 27.2 Å². The topological polar surface area (TPSA) is 21.6 Å². The van der Waals surface area contributed by atoms with Gasteiger partial charge in [0.2, 0.25) is 5.90 Å². The maximum absolute atomic E-state index is 4.99. The van der Waals surface area contributed by atoms with Gasteiger partial charge >= 0.3 is 0 Å². The number of rotatable bonds is 0. The molecule has 11 heavy (non-hydrogen) atoms. The van der Waals surface area contributed by atoms with E-state index >= 15 is 0 Å². The zero-order valence-electron chi connectivity index (χ0n) is 7.85. The Bertz CT molecular complexity index is 159. The average molecular weight is 155 g/mol. The van der Waals surface area contributed by atoms with Gasteiger partial charge in [0.1, 0.15) is 0 Å². The Labute approximate surface area is 69.0 Å². The first-order chi connectivity index (χ1) is 5.34. The van der Waals surface area contributed by atoms with E-state index < -0.39 is 0 Å². The smallest absolute Gasteiger partial charge is 0.210 e. The van der Waals surface area contributed by atoms with Crippen molar-refractivity contribution in [1.29, 1.82) is 0 Å². The molecule has 1 aliphatic heterocycles. The van der Waals surface area contributed by atoms with Gasteiger partial charge in [-0.3, -0.25) is 4.99 Å².